The Hall–Kier alpha value is -0.660. The molecule has 0 bridgehead atoms. The van der Waals surface area contributed by atoms with Crippen LogP contribution in [-0.2, 0) is 4.74 Å². The third-order valence-electron chi connectivity index (χ3n) is 1.36. The Morgan fingerprint density at radius 1 is 1.56 bits per heavy atom. The van der Waals surface area contributed by atoms with Crippen LogP contribution in [-0.4, -0.2) is 14.2 Å². The molecular weight excluding hydrogens is 114 g/mol. The predicted molar refractivity (Wildman–Crippen MR) is 39.1 cm³/mol. The van der Waals surface area contributed by atoms with Gasteiger partial charge in [-0.15, -0.1) is 0 Å². The first-order valence-corrected chi connectivity index (χ1v) is 3.17. The first kappa shape index (κ1) is 8.34. The van der Waals surface area contributed by atoms with Gasteiger partial charge in [0.15, 0.2) is 0 Å². The van der Waals surface area contributed by atoms with Gasteiger partial charge in [-0.25, -0.2) is 0 Å². The summed E-state index contributed by atoms with van der Waals surface area (Å²) in [6.07, 6.45) is 0.948. The summed E-state index contributed by atoms with van der Waals surface area (Å²) in [5, 5.41) is 3.02. The number of rotatable bonds is 3. The molecule has 0 radical (unpaired) electrons. The van der Waals surface area contributed by atoms with E-state index in [-0.39, 0.29) is 0 Å². The molecule has 0 aromatic rings. The minimum atomic E-state index is 0.948. The second kappa shape index (κ2) is 4.24. The third-order valence-corrected chi connectivity index (χ3v) is 1.36. The van der Waals surface area contributed by atoms with Gasteiger partial charge < -0.3 is 10.1 Å². The average molecular weight is 129 g/mol. The van der Waals surface area contributed by atoms with E-state index in [1.54, 1.807) is 7.11 Å². The fraction of sp³-hybridized carbons (Fsp3) is 0.714. The van der Waals surface area contributed by atoms with Crippen LogP contribution in [0, 0.1) is 0 Å². The van der Waals surface area contributed by atoms with Gasteiger partial charge in [0.05, 0.1) is 7.11 Å². The molecule has 0 spiro atoms. The maximum atomic E-state index is 5.07. The topological polar surface area (TPSA) is 21.3 Å². The monoisotopic (exact) mass is 129 g/mol. The molecule has 9 heavy (non-hydrogen) atoms. The molecule has 0 aliphatic heterocycles. The maximum absolute atomic E-state index is 5.07. The summed E-state index contributed by atoms with van der Waals surface area (Å²) in [6, 6.07) is 0. The number of hydrogen-bond donors (Lipinski definition) is 1. The Labute approximate surface area is 56.9 Å². The second-order valence-electron chi connectivity index (χ2n) is 1.86. The zero-order valence-corrected chi connectivity index (χ0v) is 6.62. The smallest absolute Gasteiger partial charge is 0.114 e. The van der Waals surface area contributed by atoms with Crippen molar-refractivity contribution in [3.05, 3.63) is 11.5 Å². The summed E-state index contributed by atoms with van der Waals surface area (Å²) in [6.45, 7) is 4.07. The van der Waals surface area contributed by atoms with Crippen molar-refractivity contribution < 1.29 is 4.74 Å². The minimum Gasteiger partial charge on any atom is -0.499 e. The highest BCUT2D eigenvalue weighted by molar-refractivity contribution is 5.01. The summed E-state index contributed by atoms with van der Waals surface area (Å²) in [5.41, 5.74) is 1.11. The zero-order valence-electron chi connectivity index (χ0n) is 6.62. The van der Waals surface area contributed by atoms with E-state index in [4.69, 9.17) is 4.74 Å². The molecule has 54 valence electrons. The Balaban J connectivity index is 4.01. The maximum Gasteiger partial charge on any atom is 0.114 e. The predicted octanol–water partition coefficient (Wildman–Crippen LogP) is 1.49. The number of ether oxygens (including phenoxy) is 1. The highest BCUT2D eigenvalue weighted by Gasteiger charge is 1.94. The Morgan fingerprint density at radius 3 is 2.22 bits per heavy atom. The lowest BCUT2D eigenvalue weighted by atomic mass is 10.3. The minimum absolute atomic E-state index is 0.948. The van der Waals surface area contributed by atoms with Crippen molar-refractivity contribution in [1.29, 1.82) is 0 Å². The second-order valence-corrected chi connectivity index (χ2v) is 1.86. The Bertz CT molecular complexity index is 101. The summed E-state index contributed by atoms with van der Waals surface area (Å²) < 4.78 is 5.07. The molecule has 0 aliphatic carbocycles. The third kappa shape index (κ3) is 2.40. The normalized spacial score (nSPS) is 12.4. The van der Waals surface area contributed by atoms with Crippen molar-refractivity contribution in [3.8, 4) is 0 Å². The van der Waals surface area contributed by atoms with Crippen LogP contribution in [0.5, 0.6) is 0 Å². The van der Waals surface area contributed by atoms with Crippen LogP contribution in [0.1, 0.15) is 20.3 Å². The first-order chi connectivity index (χ1) is 4.26. The van der Waals surface area contributed by atoms with Crippen LogP contribution in [0.2, 0.25) is 0 Å². The molecule has 2 nitrogen and oxygen atoms in total. The quantitative estimate of drug-likeness (QED) is 0.583. The van der Waals surface area contributed by atoms with Crippen molar-refractivity contribution in [1.82, 2.24) is 5.32 Å². The van der Waals surface area contributed by atoms with Gasteiger partial charge >= 0.3 is 0 Å². The van der Waals surface area contributed by atoms with Crippen LogP contribution in [0.4, 0.5) is 0 Å². The Kier molecular flexibility index (Phi) is 3.93. The van der Waals surface area contributed by atoms with Crippen LogP contribution in [0.15, 0.2) is 11.5 Å². The summed E-state index contributed by atoms with van der Waals surface area (Å²) >= 11 is 0. The van der Waals surface area contributed by atoms with Gasteiger partial charge in [0, 0.05) is 19.2 Å². The SMILES string of the molecule is CC/C(OC)=C(\C)NC. The molecule has 0 heterocycles. The van der Waals surface area contributed by atoms with E-state index in [2.05, 4.69) is 12.2 Å². The van der Waals surface area contributed by atoms with Gasteiger partial charge in [-0.3, -0.25) is 0 Å². The van der Waals surface area contributed by atoms with Crippen molar-refractivity contribution in [2.75, 3.05) is 14.2 Å². The summed E-state index contributed by atoms with van der Waals surface area (Å²) in [4.78, 5) is 0. The van der Waals surface area contributed by atoms with Gasteiger partial charge in [0.1, 0.15) is 5.76 Å². The van der Waals surface area contributed by atoms with Crippen LogP contribution in [0.3, 0.4) is 0 Å². The van der Waals surface area contributed by atoms with Gasteiger partial charge in [-0.05, 0) is 6.92 Å². The molecule has 0 aromatic carbocycles. The lowest BCUT2D eigenvalue weighted by Gasteiger charge is -2.07. The molecule has 0 saturated carbocycles. The zero-order chi connectivity index (χ0) is 7.28. The molecule has 0 fully saturated rings. The van der Waals surface area contributed by atoms with Crippen molar-refractivity contribution in [2.24, 2.45) is 0 Å². The largest absolute Gasteiger partial charge is 0.499 e. The molecule has 2 heteroatoms. The van der Waals surface area contributed by atoms with E-state index < -0.39 is 0 Å². The highest BCUT2D eigenvalue weighted by Crippen LogP contribution is 2.04. The highest BCUT2D eigenvalue weighted by atomic mass is 16.5. The summed E-state index contributed by atoms with van der Waals surface area (Å²) in [5.74, 6) is 1.03. The fourth-order valence-electron chi connectivity index (χ4n) is 0.702. The number of methoxy groups -OCH3 is 1. The molecular formula is C7H15NO. The van der Waals surface area contributed by atoms with Gasteiger partial charge in [0.2, 0.25) is 0 Å². The molecule has 0 aromatic heterocycles. The number of hydrogen-bond acceptors (Lipinski definition) is 2. The fourth-order valence-corrected chi connectivity index (χ4v) is 0.702. The lowest BCUT2D eigenvalue weighted by molar-refractivity contribution is 0.273. The molecule has 0 amide bonds. The van der Waals surface area contributed by atoms with Crippen molar-refractivity contribution in [2.45, 2.75) is 20.3 Å². The van der Waals surface area contributed by atoms with Gasteiger partial charge in [-0.1, -0.05) is 6.92 Å². The van der Waals surface area contributed by atoms with E-state index in [0.29, 0.717) is 0 Å². The van der Waals surface area contributed by atoms with E-state index in [1.807, 2.05) is 14.0 Å². The van der Waals surface area contributed by atoms with E-state index >= 15 is 0 Å². The van der Waals surface area contributed by atoms with Gasteiger partial charge in [0.25, 0.3) is 0 Å². The van der Waals surface area contributed by atoms with Crippen molar-refractivity contribution >= 4 is 0 Å². The van der Waals surface area contributed by atoms with E-state index in [0.717, 1.165) is 17.9 Å². The number of nitrogens with one attached hydrogen (secondary N) is 1. The van der Waals surface area contributed by atoms with Crippen LogP contribution < -0.4 is 5.32 Å². The van der Waals surface area contributed by atoms with Crippen LogP contribution in [0.25, 0.3) is 0 Å². The van der Waals surface area contributed by atoms with E-state index in [9.17, 15) is 0 Å². The van der Waals surface area contributed by atoms with Crippen LogP contribution >= 0.6 is 0 Å². The van der Waals surface area contributed by atoms with Gasteiger partial charge in [-0.2, -0.15) is 0 Å². The molecule has 0 rings (SSSR count). The number of allylic oxidation sites excluding steroid dienone is 2. The molecule has 0 aliphatic rings. The summed E-state index contributed by atoms with van der Waals surface area (Å²) in [7, 11) is 3.59. The van der Waals surface area contributed by atoms with Crippen molar-refractivity contribution in [3.63, 3.8) is 0 Å². The molecule has 0 saturated heterocycles. The first-order valence-electron chi connectivity index (χ1n) is 3.17. The Morgan fingerprint density at radius 2 is 2.11 bits per heavy atom. The lowest BCUT2D eigenvalue weighted by Crippen LogP contribution is -2.06. The molecule has 0 unspecified atom stereocenters. The van der Waals surface area contributed by atoms with E-state index in [1.165, 1.54) is 0 Å². The average Bonchev–Trinajstić information content (AvgIpc) is 1.90. The standard InChI is InChI=1S/C7H15NO/c1-5-7(9-4)6(2)8-3/h8H,5H2,1-4H3/b7-6-. The molecule has 0 atom stereocenters. The molecule has 1 N–H and O–H groups in total.